The van der Waals surface area contributed by atoms with Crippen LogP contribution in [0.15, 0.2) is 16.6 Å². The Kier molecular flexibility index (Phi) is 11.6. The van der Waals surface area contributed by atoms with Crippen LogP contribution in [-0.4, -0.2) is 5.78 Å². The number of halogens is 1. The van der Waals surface area contributed by atoms with Gasteiger partial charge in [0.1, 0.15) is 5.78 Å². The van der Waals surface area contributed by atoms with Crippen LogP contribution < -0.4 is 0 Å². The van der Waals surface area contributed by atoms with Gasteiger partial charge in [0, 0.05) is 10.9 Å². The fraction of sp³-hybridized carbons (Fsp3) is 0.533. The number of hydrogen-bond donors (Lipinski definition) is 0. The molecule has 1 rings (SSSR count). The lowest BCUT2D eigenvalue weighted by molar-refractivity contribution is -0.116. The smallest absolute Gasteiger partial charge is 0.134 e. The molecule has 0 fully saturated rings. The number of hydrogen-bond acceptors (Lipinski definition) is 1. The number of carbonyl (C=O) groups excluding carboxylic acids is 1. The molecule has 0 bridgehead atoms. The molecule has 0 radical (unpaired) electrons. The van der Waals surface area contributed by atoms with Gasteiger partial charge in [-0.3, -0.25) is 4.79 Å². The monoisotopic (exact) mass is 300 g/mol. The number of benzene rings is 1. The fourth-order valence-electron chi connectivity index (χ4n) is 1.43. The molecule has 0 heterocycles. The Morgan fingerprint density at radius 2 is 1.41 bits per heavy atom. The molecule has 1 aromatic carbocycles. The Morgan fingerprint density at radius 3 is 1.71 bits per heavy atom. The molecule has 1 aromatic rings. The molecule has 0 atom stereocenters. The Hall–Kier alpha value is -0.630. The Balaban J connectivity index is 0. The lowest BCUT2D eigenvalue weighted by Gasteiger charge is -2.06. The fourth-order valence-corrected chi connectivity index (χ4v) is 1.65. The van der Waals surface area contributed by atoms with Gasteiger partial charge in [0.05, 0.1) is 0 Å². The first kappa shape index (κ1) is 18.7. The highest BCUT2D eigenvalue weighted by Gasteiger charge is 2.03. The van der Waals surface area contributed by atoms with E-state index in [2.05, 4.69) is 28.1 Å². The zero-order valence-electron chi connectivity index (χ0n) is 12.1. The molecular weight excluding hydrogens is 276 g/mol. The zero-order chi connectivity index (χ0) is 14.0. The van der Waals surface area contributed by atoms with Crippen LogP contribution >= 0.6 is 15.9 Å². The van der Waals surface area contributed by atoms with Crippen molar-refractivity contribution in [2.24, 2.45) is 0 Å². The van der Waals surface area contributed by atoms with Crippen LogP contribution in [0.4, 0.5) is 0 Å². The summed E-state index contributed by atoms with van der Waals surface area (Å²) in [6, 6.07) is 4.11. The van der Waals surface area contributed by atoms with E-state index in [4.69, 9.17) is 0 Å². The topological polar surface area (TPSA) is 17.1 Å². The van der Waals surface area contributed by atoms with Crippen molar-refractivity contribution in [1.82, 2.24) is 0 Å². The summed E-state index contributed by atoms with van der Waals surface area (Å²) in [5.41, 5.74) is 3.48. The Morgan fingerprint density at radius 1 is 1.06 bits per heavy atom. The minimum absolute atomic E-state index is 0.209. The number of ketones is 1. The molecule has 2 heteroatoms. The van der Waals surface area contributed by atoms with Crippen LogP contribution in [0.5, 0.6) is 0 Å². The second kappa shape index (κ2) is 10.5. The molecule has 0 saturated heterocycles. The largest absolute Gasteiger partial charge is 0.300 e. The third kappa shape index (κ3) is 7.32. The van der Waals surface area contributed by atoms with E-state index in [9.17, 15) is 4.79 Å². The third-order valence-electron chi connectivity index (χ3n) is 1.95. The first-order chi connectivity index (χ1) is 8.00. The summed E-state index contributed by atoms with van der Waals surface area (Å²) in [5.74, 6) is 0.209. The van der Waals surface area contributed by atoms with Gasteiger partial charge in [0.25, 0.3) is 0 Å². The summed E-state index contributed by atoms with van der Waals surface area (Å²) in [6.45, 7) is 13.7. The van der Waals surface area contributed by atoms with Gasteiger partial charge < -0.3 is 0 Å². The van der Waals surface area contributed by atoms with Crippen molar-refractivity contribution in [3.63, 3.8) is 0 Å². The van der Waals surface area contributed by atoms with Gasteiger partial charge in [-0.25, -0.2) is 0 Å². The first-order valence-electron chi connectivity index (χ1n) is 6.25. The molecule has 0 aliphatic rings. The van der Waals surface area contributed by atoms with Gasteiger partial charge in [0.2, 0.25) is 0 Å². The van der Waals surface area contributed by atoms with E-state index in [-0.39, 0.29) is 5.78 Å². The minimum Gasteiger partial charge on any atom is -0.300 e. The zero-order valence-corrected chi connectivity index (χ0v) is 13.7. The summed E-state index contributed by atoms with van der Waals surface area (Å²) in [7, 11) is 0. The molecule has 0 aromatic heterocycles. The van der Waals surface area contributed by atoms with Crippen LogP contribution in [0.1, 0.15) is 51.3 Å². The summed E-state index contributed by atoms with van der Waals surface area (Å²) >= 11 is 3.49. The lowest BCUT2D eigenvalue weighted by atomic mass is 10.0. The molecule has 0 amide bonds. The van der Waals surface area contributed by atoms with Crippen molar-refractivity contribution < 1.29 is 4.79 Å². The second-order valence-corrected chi connectivity index (χ2v) is 4.22. The third-order valence-corrected chi connectivity index (χ3v) is 3.20. The quantitative estimate of drug-likeness (QED) is 0.729. The average molecular weight is 301 g/mol. The van der Waals surface area contributed by atoms with E-state index in [1.165, 1.54) is 11.1 Å². The minimum atomic E-state index is 0.209. The van der Waals surface area contributed by atoms with Gasteiger partial charge in [0.15, 0.2) is 0 Å². The van der Waals surface area contributed by atoms with Gasteiger partial charge in [-0.1, -0.05) is 55.8 Å². The Labute approximate surface area is 115 Å². The van der Waals surface area contributed by atoms with E-state index >= 15 is 0 Å². The summed E-state index contributed by atoms with van der Waals surface area (Å²) in [4.78, 5) is 10.9. The molecule has 0 spiro atoms. The van der Waals surface area contributed by atoms with Crippen LogP contribution in [0.25, 0.3) is 0 Å². The summed E-state index contributed by atoms with van der Waals surface area (Å²) in [6.07, 6.45) is 0.537. The number of rotatable bonds is 2. The van der Waals surface area contributed by atoms with E-state index in [1.807, 2.05) is 41.5 Å². The van der Waals surface area contributed by atoms with Crippen LogP contribution in [0.3, 0.4) is 0 Å². The maximum atomic E-state index is 10.9. The molecule has 0 N–H and O–H groups in total. The average Bonchev–Trinajstić information content (AvgIpc) is 2.30. The van der Waals surface area contributed by atoms with Crippen molar-refractivity contribution >= 4 is 21.7 Å². The number of aryl methyl sites for hydroxylation is 2. The van der Waals surface area contributed by atoms with E-state index in [0.717, 1.165) is 10.0 Å². The molecule has 0 aliphatic heterocycles. The predicted molar refractivity (Wildman–Crippen MR) is 80.7 cm³/mol. The number of Topliss-reactive ketones (excluding diaryl/α,β-unsaturated/α-hetero) is 1. The maximum absolute atomic E-state index is 10.9. The van der Waals surface area contributed by atoms with Crippen molar-refractivity contribution in [1.29, 1.82) is 0 Å². The van der Waals surface area contributed by atoms with Gasteiger partial charge in [-0.05, 0) is 37.5 Å². The van der Waals surface area contributed by atoms with E-state index in [0.29, 0.717) is 6.42 Å². The van der Waals surface area contributed by atoms with E-state index < -0.39 is 0 Å². The Bertz CT molecular complexity index is 320. The van der Waals surface area contributed by atoms with Crippen molar-refractivity contribution in [2.75, 3.05) is 0 Å². The standard InChI is InChI=1S/C11H13BrO.2C2H6/c1-7-4-10(6-9(3)13)5-8(2)11(7)12;2*1-2/h4-5H,6H2,1-3H3;2*1-2H3. The summed E-state index contributed by atoms with van der Waals surface area (Å²) < 4.78 is 1.14. The van der Waals surface area contributed by atoms with Crippen molar-refractivity contribution in [3.8, 4) is 0 Å². The number of carbonyl (C=O) groups is 1. The molecule has 0 saturated carbocycles. The second-order valence-electron chi connectivity index (χ2n) is 3.42. The highest BCUT2D eigenvalue weighted by atomic mass is 79.9. The van der Waals surface area contributed by atoms with Gasteiger partial charge in [-0.2, -0.15) is 0 Å². The highest BCUT2D eigenvalue weighted by molar-refractivity contribution is 9.10. The van der Waals surface area contributed by atoms with Crippen molar-refractivity contribution in [3.05, 3.63) is 33.3 Å². The van der Waals surface area contributed by atoms with Gasteiger partial charge >= 0.3 is 0 Å². The molecule has 17 heavy (non-hydrogen) atoms. The first-order valence-corrected chi connectivity index (χ1v) is 7.05. The van der Waals surface area contributed by atoms with Crippen LogP contribution in [0.2, 0.25) is 0 Å². The molecule has 98 valence electrons. The molecule has 0 aliphatic carbocycles. The van der Waals surface area contributed by atoms with E-state index in [1.54, 1.807) is 6.92 Å². The SMILES string of the molecule is CC.CC.CC(=O)Cc1cc(C)c(Br)c(C)c1. The van der Waals surface area contributed by atoms with Crippen LogP contribution in [0, 0.1) is 13.8 Å². The normalized spacial score (nSPS) is 8.47. The molecule has 0 unspecified atom stereocenters. The maximum Gasteiger partial charge on any atom is 0.134 e. The lowest BCUT2D eigenvalue weighted by Crippen LogP contribution is -1.97. The van der Waals surface area contributed by atoms with Crippen LogP contribution in [-0.2, 0) is 11.2 Å². The highest BCUT2D eigenvalue weighted by Crippen LogP contribution is 2.22. The molecule has 1 nitrogen and oxygen atoms in total. The summed E-state index contributed by atoms with van der Waals surface area (Å²) in [5, 5.41) is 0. The molecular formula is C15H25BrO. The van der Waals surface area contributed by atoms with Crippen molar-refractivity contribution in [2.45, 2.75) is 54.9 Å². The van der Waals surface area contributed by atoms with Gasteiger partial charge in [-0.15, -0.1) is 0 Å². The predicted octanol–water partition coefficient (Wildman–Crippen LogP) is 5.25.